The van der Waals surface area contributed by atoms with E-state index in [1.807, 2.05) is 37.3 Å². The van der Waals surface area contributed by atoms with Crippen LogP contribution in [0.3, 0.4) is 0 Å². The standard InChI is InChI=1S/C20H16N4O2S/c1-13-4-6-14(7-5-13)12-24-17-15(3-2-8-21-17)11-16(19(24)26)18(25)23-20-22-9-10-27-20/h2-11H,12H2,1H3,(H,22,23,25). The van der Waals surface area contributed by atoms with Gasteiger partial charge in [-0.15, -0.1) is 11.3 Å². The Morgan fingerprint density at radius 2 is 1.96 bits per heavy atom. The Morgan fingerprint density at radius 1 is 1.15 bits per heavy atom. The van der Waals surface area contributed by atoms with Gasteiger partial charge in [-0.1, -0.05) is 29.8 Å². The van der Waals surface area contributed by atoms with Crippen LogP contribution in [0.15, 0.2) is 65.0 Å². The number of thiazole rings is 1. The zero-order valence-electron chi connectivity index (χ0n) is 14.5. The molecule has 27 heavy (non-hydrogen) atoms. The molecule has 4 rings (SSSR count). The minimum absolute atomic E-state index is 0.0674. The predicted octanol–water partition coefficient (Wildman–Crippen LogP) is 3.46. The molecule has 1 amide bonds. The lowest BCUT2D eigenvalue weighted by Crippen LogP contribution is -2.30. The number of fused-ring (bicyclic) bond motifs is 1. The molecule has 134 valence electrons. The predicted molar refractivity (Wildman–Crippen MR) is 106 cm³/mol. The van der Waals surface area contributed by atoms with Gasteiger partial charge in [-0.05, 0) is 30.7 Å². The number of amides is 1. The summed E-state index contributed by atoms with van der Waals surface area (Å²) in [6.45, 7) is 2.35. The number of nitrogens with one attached hydrogen (secondary N) is 1. The highest BCUT2D eigenvalue weighted by Gasteiger charge is 2.17. The van der Waals surface area contributed by atoms with Crippen molar-refractivity contribution in [3.8, 4) is 0 Å². The second kappa shape index (κ2) is 7.13. The summed E-state index contributed by atoms with van der Waals surface area (Å²) in [4.78, 5) is 34.1. The van der Waals surface area contributed by atoms with E-state index in [1.54, 1.807) is 29.9 Å². The van der Waals surface area contributed by atoms with Gasteiger partial charge in [-0.3, -0.25) is 19.5 Å². The zero-order valence-corrected chi connectivity index (χ0v) is 15.4. The first kappa shape index (κ1) is 17.1. The summed E-state index contributed by atoms with van der Waals surface area (Å²) < 4.78 is 1.54. The van der Waals surface area contributed by atoms with Crippen molar-refractivity contribution < 1.29 is 4.79 Å². The minimum atomic E-state index is -0.474. The molecule has 0 aliphatic rings. The monoisotopic (exact) mass is 376 g/mol. The molecule has 0 saturated heterocycles. The van der Waals surface area contributed by atoms with Crippen LogP contribution in [0.2, 0.25) is 0 Å². The molecule has 7 heteroatoms. The van der Waals surface area contributed by atoms with E-state index in [2.05, 4.69) is 15.3 Å². The molecule has 0 spiro atoms. The zero-order chi connectivity index (χ0) is 18.8. The number of carbonyl (C=O) groups is 1. The van der Waals surface area contributed by atoms with Crippen molar-refractivity contribution in [1.29, 1.82) is 0 Å². The Morgan fingerprint density at radius 3 is 2.70 bits per heavy atom. The summed E-state index contributed by atoms with van der Waals surface area (Å²) in [7, 11) is 0. The highest BCUT2D eigenvalue weighted by Crippen LogP contribution is 2.16. The first-order valence-corrected chi connectivity index (χ1v) is 9.25. The number of pyridine rings is 2. The van der Waals surface area contributed by atoms with Gasteiger partial charge in [-0.2, -0.15) is 0 Å². The van der Waals surface area contributed by atoms with Crippen LogP contribution in [0.5, 0.6) is 0 Å². The van der Waals surface area contributed by atoms with E-state index in [-0.39, 0.29) is 11.1 Å². The number of anilines is 1. The molecule has 1 N–H and O–H groups in total. The van der Waals surface area contributed by atoms with Crippen molar-refractivity contribution in [1.82, 2.24) is 14.5 Å². The van der Waals surface area contributed by atoms with Gasteiger partial charge < -0.3 is 0 Å². The maximum absolute atomic E-state index is 13.1. The average molecular weight is 376 g/mol. The Bertz CT molecular complexity index is 1170. The molecule has 3 heterocycles. The maximum Gasteiger partial charge on any atom is 0.265 e. The normalized spacial score (nSPS) is 10.9. The number of aromatic nitrogens is 3. The van der Waals surface area contributed by atoms with Crippen LogP contribution in [0.25, 0.3) is 11.0 Å². The fraction of sp³-hybridized carbons (Fsp3) is 0.100. The van der Waals surface area contributed by atoms with E-state index in [0.29, 0.717) is 17.3 Å². The first-order valence-electron chi connectivity index (χ1n) is 8.37. The van der Waals surface area contributed by atoms with Gasteiger partial charge in [0.25, 0.3) is 11.5 Å². The number of nitrogens with zero attached hydrogens (tertiary/aromatic N) is 3. The summed E-state index contributed by atoms with van der Waals surface area (Å²) >= 11 is 1.30. The van der Waals surface area contributed by atoms with Gasteiger partial charge in [0.2, 0.25) is 0 Å². The van der Waals surface area contributed by atoms with Crippen LogP contribution in [-0.4, -0.2) is 20.4 Å². The van der Waals surface area contributed by atoms with Crippen molar-refractivity contribution in [2.75, 3.05) is 5.32 Å². The Kier molecular flexibility index (Phi) is 4.52. The maximum atomic E-state index is 13.1. The highest BCUT2D eigenvalue weighted by atomic mass is 32.1. The topological polar surface area (TPSA) is 76.9 Å². The minimum Gasteiger partial charge on any atom is -0.298 e. The lowest BCUT2D eigenvalue weighted by Gasteiger charge is -2.12. The fourth-order valence-corrected chi connectivity index (χ4v) is 3.37. The van der Waals surface area contributed by atoms with Crippen molar-refractivity contribution >= 4 is 33.4 Å². The highest BCUT2D eigenvalue weighted by molar-refractivity contribution is 7.13. The van der Waals surface area contributed by atoms with Gasteiger partial charge >= 0.3 is 0 Å². The summed E-state index contributed by atoms with van der Waals surface area (Å²) in [6.07, 6.45) is 3.24. The molecule has 0 saturated carbocycles. The number of hydrogen-bond donors (Lipinski definition) is 1. The summed E-state index contributed by atoms with van der Waals surface area (Å²) in [6, 6.07) is 13.1. The number of hydrogen-bond acceptors (Lipinski definition) is 5. The Labute approximate surface area is 159 Å². The third-order valence-corrected chi connectivity index (χ3v) is 4.90. The van der Waals surface area contributed by atoms with Gasteiger partial charge in [0, 0.05) is 23.2 Å². The number of carbonyl (C=O) groups excluding carboxylic acids is 1. The van der Waals surface area contributed by atoms with Crippen LogP contribution in [0.1, 0.15) is 21.5 Å². The fourth-order valence-electron chi connectivity index (χ4n) is 2.84. The molecular formula is C20H16N4O2S. The molecule has 0 bridgehead atoms. The SMILES string of the molecule is Cc1ccc(Cn2c(=O)c(C(=O)Nc3nccs3)cc3cccnc32)cc1. The molecule has 4 aromatic rings. The first-order chi connectivity index (χ1) is 13.1. The molecule has 3 aromatic heterocycles. The lowest BCUT2D eigenvalue weighted by atomic mass is 10.1. The molecule has 1 aromatic carbocycles. The molecule has 0 atom stereocenters. The van der Waals surface area contributed by atoms with Gasteiger partial charge in [0.1, 0.15) is 11.2 Å². The third-order valence-electron chi connectivity index (χ3n) is 4.21. The second-order valence-corrected chi connectivity index (χ2v) is 7.04. The molecule has 0 radical (unpaired) electrons. The van der Waals surface area contributed by atoms with Crippen molar-refractivity contribution in [3.63, 3.8) is 0 Å². The van der Waals surface area contributed by atoms with Crippen LogP contribution in [-0.2, 0) is 6.54 Å². The second-order valence-electron chi connectivity index (χ2n) is 6.14. The number of rotatable bonds is 4. The number of aryl methyl sites for hydroxylation is 1. The molecule has 0 unspecified atom stereocenters. The quantitative estimate of drug-likeness (QED) is 0.592. The molecule has 0 aliphatic heterocycles. The molecular weight excluding hydrogens is 360 g/mol. The van der Waals surface area contributed by atoms with Crippen LogP contribution >= 0.6 is 11.3 Å². The van der Waals surface area contributed by atoms with Crippen LogP contribution in [0, 0.1) is 6.92 Å². The van der Waals surface area contributed by atoms with E-state index in [4.69, 9.17) is 0 Å². The van der Waals surface area contributed by atoms with Crippen molar-refractivity contribution in [2.24, 2.45) is 0 Å². The molecule has 0 aliphatic carbocycles. The average Bonchev–Trinajstić information content (AvgIpc) is 3.18. The van der Waals surface area contributed by atoms with E-state index >= 15 is 0 Å². The summed E-state index contributed by atoms with van der Waals surface area (Å²) in [5.41, 5.74) is 2.35. The van der Waals surface area contributed by atoms with E-state index in [9.17, 15) is 9.59 Å². The molecule has 6 nitrogen and oxygen atoms in total. The van der Waals surface area contributed by atoms with Crippen molar-refractivity contribution in [3.05, 3.63) is 87.3 Å². The van der Waals surface area contributed by atoms with Crippen molar-refractivity contribution in [2.45, 2.75) is 13.5 Å². The van der Waals surface area contributed by atoms with Gasteiger partial charge in [-0.25, -0.2) is 9.97 Å². The summed E-state index contributed by atoms with van der Waals surface area (Å²) in [5, 5.41) is 5.62. The largest absolute Gasteiger partial charge is 0.298 e. The number of benzene rings is 1. The summed E-state index contributed by atoms with van der Waals surface area (Å²) in [5.74, 6) is -0.474. The van der Waals surface area contributed by atoms with Gasteiger partial charge in [0.15, 0.2) is 5.13 Å². The lowest BCUT2D eigenvalue weighted by molar-refractivity contribution is 0.102. The Hall–Kier alpha value is -3.32. The third kappa shape index (κ3) is 3.50. The van der Waals surface area contributed by atoms with E-state index in [0.717, 1.165) is 16.5 Å². The van der Waals surface area contributed by atoms with Crippen LogP contribution < -0.4 is 10.9 Å². The smallest absolute Gasteiger partial charge is 0.265 e. The Balaban J connectivity index is 1.81. The van der Waals surface area contributed by atoms with Crippen LogP contribution in [0.4, 0.5) is 5.13 Å². The van der Waals surface area contributed by atoms with Gasteiger partial charge in [0.05, 0.1) is 6.54 Å². The van der Waals surface area contributed by atoms with E-state index < -0.39 is 5.91 Å². The molecule has 0 fully saturated rings. The van der Waals surface area contributed by atoms with E-state index in [1.165, 1.54) is 15.9 Å².